The number of nitrogens with zero attached hydrogens (tertiary/aromatic N) is 2. The highest BCUT2D eigenvalue weighted by Gasteiger charge is 2.26. The average Bonchev–Trinajstić information content (AvgIpc) is 3.16. The van der Waals surface area contributed by atoms with E-state index in [9.17, 15) is 19.7 Å². The summed E-state index contributed by atoms with van der Waals surface area (Å²) in [5.74, 6) is -0.281. The van der Waals surface area contributed by atoms with Crippen LogP contribution in [0.3, 0.4) is 0 Å². The van der Waals surface area contributed by atoms with Crippen LogP contribution in [0.25, 0.3) is 0 Å². The summed E-state index contributed by atoms with van der Waals surface area (Å²) in [7, 11) is 0. The van der Waals surface area contributed by atoms with Gasteiger partial charge in [-0.3, -0.25) is 19.7 Å². The van der Waals surface area contributed by atoms with E-state index in [4.69, 9.17) is 0 Å². The number of Topliss-reactive ketones (excluding diaryl/α,β-unsaturated/α-hetero) is 1. The molecule has 1 aliphatic rings. The van der Waals surface area contributed by atoms with Crippen LogP contribution in [0.5, 0.6) is 0 Å². The monoisotopic (exact) mass is 373 g/mol. The van der Waals surface area contributed by atoms with Gasteiger partial charge in [0.15, 0.2) is 5.78 Å². The molecule has 0 saturated carbocycles. The van der Waals surface area contributed by atoms with Crippen LogP contribution in [-0.2, 0) is 0 Å². The van der Waals surface area contributed by atoms with E-state index in [0.29, 0.717) is 42.7 Å². The molecule has 1 aromatic heterocycles. The molecule has 0 bridgehead atoms. The molecule has 0 unspecified atom stereocenters. The molecule has 26 heavy (non-hydrogen) atoms. The zero-order chi connectivity index (χ0) is 18.7. The largest absolute Gasteiger partial charge is 0.366 e. The lowest BCUT2D eigenvalue weighted by molar-refractivity contribution is -0.384. The number of thiophene rings is 1. The molecule has 0 aliphatic carbocycles. The number of amides is 1. The first-order valence-corrected chi connectivity index (χ1v) is 9.27. The summed E-state index contributed by atoms with van der Waals surface area (Å²) in [6, 6.07) is 6.43. The highest BCUT2D eigenvalue weighted by molar-refractivity contribution is 7.08. The van der Waals surface area contributed by atoms with Crippen LogP contribution in [0.1, 0.15) is 40.5 Å². The Hall–Kier alpha value is -2.74. The Morgan fingerprint density at radius 2 is 1.96 bits per heavy atom. The summed E-state index contributed by atoms with van der Waals surface area (Å²) in [5.41, 5.74) is 1.45. The first-order valence-electron chi connectivity index (χ1n) is 8.33. The fourth-order valence-corrected chi connectivity index (χ4v) is 3.72. The Kier molecular flexibility index (Phi) is 5.32. The molecule has 0 radical (unpaired) electrons. The minimum atomic E-state index is -0.452. The van der Waals surface area contributed by atoms with Crippen molar-refractivity contribution in [1.29, 1.82) is 0 Å². The molecule has 1 aromatic carbocycles. The van der Waals surface area contributed by atoms with Crippen LogP contribution < -0.4 is 10.2 Å². The lowest BCUT2D eigenvalue weighted by Gasteiger charge is -2.33. The number of ketones is 1. The van der Waals surface area contributed by atoms with E-state index in [1.54, 1.807) is 18.2 Å². The van der Waals surface area contributed by atoms with Gasteiger partial charge in [-0.25, -0.2) is 0 Å². The first-order chi connectivity index (χ1) is 12.5. The molecule has 2 heterocycles. The van der Waals surface area contributed by atoms with E-state index in [0.717, 1.165) is 0 Å². The number of anilines is 1. The Morgan fingerprint density at radius 3 is 2.54 bits per heavy atom. The van der Waals surface area contributed by atoms with Gasteiger partial charge in [0, 0.05) is 41.7 Å². The fourth-order valence-electron chi connectivity index (χ4n) is 3.08. The Balaban J connectivity index is 1.67. The lowest BCUT2D eigenvalue weighted by Crippen LogP contribution is -2.44. The maximum absolute atomic E-state index is 12.1. The molecule has 1 N–H and O–H groups in total. The number of nitrogens with one attached hydrogen (secondary N) is 1. The van der Waals surface area contributed by atoms with E-state index >= 15 is 0 Å². The van der Waals surface area contributed by atoms with Crippen molar-refractivity contribution >= 4 is 34.4 Å². The van der Waals surface area contributed by atoms with Gasteiger partial charge < -0.3 is 10.2 Å². The quantitative estimate of drug-likeness (QED) is 0.493. The first kappa shape index (κ1) is 18.1. The van der Waals surface area contributed by atoms with Crippen molar-refractivity contribution in [3.05, 3.63) is 56.3 Å². The van der Waals surface area contributed by atoms with E-state index in [1.807, 2.05) is 15.7 Å². The number of carbonyl (C=O) groups is 2. The number of benzene rings is 1. The molecule has 0 spiro atoms. The standard InChI is InChI=1S/C18H19N3O4S/c1-12(22)13-2-3-16(17(10-13)21(24)25)20-7-4-15(5-8-20)19-18(23)14-6-9-26-11-14/h2-3,6,9-11,15H,4-5,7-8H2,1H3,(H,19,23). The highest BCUT2D eigenvalue weighted by Crippen LogP contribution is 2.31. The third kappa shape index (κ3) is 3.91. The van der Waals surface area contributed by atoms with Crippen molar-refractivity contribution in [2.75, 3.05) is 18.0 Å². The maximum Gasteiger partial charge on any atom is 0.293 e. The molecule has 2 aromatic rings. The summed E-state index contributed by atoms with van der Waals surface area (Å²) in [5, 5.41) is 18.1. The van der Waals surface area contributed by atoms with Gasteiger partial charge in [0.2, 0.25) is 0 Å². The number of carbonyl (C=O) groups excluding carboxylic acids is 2. The van der Waals surface area contributed by atoms with Gasteiger partial charge in [0.25, 0.3) is 11.6 Å². The van der Waals surface area contributed by atoms with E-state index in [-0.39, 0.29) is 23.4 Å². The summed E-state index contributed by atoms with van der Waals surface area (Å²) in [4.78, 5) is 36.5. The summed E-state index contributed by atoms with van der Waals surface area (Å²) in [6.45, 7) is 2.60. The SMILES string of the molecule is CC(=O)c1ccc(N2CCC(NC(=O)c3ccsc3)CC2)c([N+](=O)[O-])c1. The third-order valence-electron chi connectivity index (χ3n) is 4.53. The van der Waals surface area contributed by atoms with Gasteiger partial charge in [-0.1, -0.05) is 0 Å². The zero-order valence-corrected chi connectivity index (χ0v) is 15.1. The third-order valence-corrected chi connectivity index (χ3v) is 5.22. The molecular weight excluding hydrogens is 354 g/mol. The molecule has 136 valence electrons. The fraction of sp³-hybridized carbons (Fsp3) is 0.333. The van der Waals surface area contributed by atoms with Gasteiger partial charge in [0.05, 0.1) is 4.92 Å². The van der Waals surface area contributed by atoms with Crippen molar-refractivity contribution in [3.63, 3.8) is 0 Å². The Bertz CT molecular complexity index is 827. The Labute approximate surface area is 154 Å². The smallest absolute Gasteiger partial charge is 0.293 e. The number of nitro groups is 1. The molecule has 1 fully saturated rings. The molecule has 7 nitrogen and oxygen atoms in total. The zero-order valence-electron chi connectivity index (χ0n) is 14.3. The van der Waals surface area contributed by atoms with Gasteiger partial charge >= 0.3 is 0 Å². The number of piperidine rings is 1. The normalized spacial score (nSPS) is 14.9. The van der Waals surface area contributed by atoms with Crippen molar-refractivity contribution in [1.82, 2.24) is 5.32 Å². The molecule has 3 rings (SSSR count). The van der Waals surface area contributed by atoms with Crippen LogP contribution in [0, 0.1) is 10.1 Å². The second-order valence-electron chi connectivity index (χ2n) is 6.26. The summed E-state index contributed by atoms with van der Waals surface area (Å²) in [6.07, 6.45) is 1.42. The molecule has 8 heteroatoms. The maximum atomic E-state index is 12.1. The molecule has 1 aliphatic heterocycles. The summed E-state index contributed by atoms with van der Waals surface area (Å²) >= 11 is 1.48. The second kappa shape index (κ2) is 7.65. The minimum absolute atomic E-state index is 0.0502. The minimum Gasteiger partial charge on any atom is -0.366 e. The number of nitro benzene ring substituents is 1. The summed E-state index contributed by atoms with van der Waals surface area (Å²) < 4.78 is 0. The lowest BCUT2D eigenvalue weighted by atomic mass is 10.0. The topological polar surface area (TPSA) is 92.6 Å². The second-order valence-corrected chi connectivity index (χ2v) is 7.04. The molecule has 0 atom stereocenters. The Morgan fingerprint density at radius 1 is 1.23 bits per heavy atom. The van der Waals surface area contributed by atoms with Crippen LogP contribution in [0.2, 0.25) is 0 Å². The molecule has 1 saturated heterocycles. The van der Waals surface area contributed by atoms with Crippen LogP contribution in [0.15, 0.2) is 35.0 Å². The van der Waals surface area contributed by atoms with Crippen LogP contribution in [0.4, 0.5) is 11.4 Å². The van der Waals surface area contributed by atoms with Crippen molar-refractivity contribution < 1.29 is 14.5 Å². The van der Waals surface area contributed by atoms with Gasteiger partial charge in [-0.15, -0.1) is 0 Å². The molecular formula is C18H19N3O4S. The van der Waals surface area contributed by atoms with Crippen molar-refractivity contribution in [2.24, 2.45) is 0 Å². The van der Waals surface area contributed by atoms with E-state index in [2.05, 4.69) is 5.32 Å². The van der Waals surface area contributed by atoms with E-state index in [1.165, 1.54) is 24.3 Å². The number of rotatable bonds is 5. The highest BCUT2D eigenvalue weighted by atomic mass is 32.1. The van der Waals surface area contributed by atoms with Crippen LogP contribution in [-0.4, -0.2) is 35.7 Å². The molecule has 1 amide bonds. The van der Waals surface area contributed by atoms with E-state index < -0.39 is 4.92 Å². The number of hydrogen-bond acceptors (Lipinski definition) is 6. The van der Waals surface area contributed by atoms with Crippen molar-refractivity contribution in [3.8, 4) is 0 Å². The van der Waals surface area contributed by atoms with Gasteiger partial charge in [-0.2, -0.15) is 11.3 Å². The number of hydrogen-bond donors (Lipinski definition) is 1. The van der Waals surface area contributed by atoms with Crippen molar-refractivity contribution in [2.45, 2.75) is 25.8 Å². The van der Waals surface area contributed by atoms with Crippen LogP contribution >= 0.6 is 11.3 Å². The van der Waals surface area contributed by atoms with Gasteiger partial charge in [-0.05, 0) is 43.3 Å². The average molecular weight is 373 g/mol. The van der Waals surface area contributed by atoms with Gasteiger partial charge in [0.1, 0.15) is 5.69 Å². The predicted molar refractivity (Wildman–Crippen MR) is 100 cm³/mol. The predicted octanol–water partition coefficient (Wildman–Crippen LogP) is 3.26.